The lowest BCUT2D eigenvalue weighted by molar-refractivity contribution is 0.564. The highest BCUT2D eigenvalue weighted by atomic mass is 32.2. The van der Waals surface area contributed by atoms with Crippen LogP contribution in [-0.4, -0.2) is 21.1 Å². The minimum absolute atomic E-state index is 0.152. The summed E-state index contributed by atoms with van der Waals surface area (Å²) in [5.41, 5.74) is 0. The average molecular weight is 241 g/mol. The second kappa shape index (κ2) is 4.55. The fourth-order valence-electron chi connectivity index (χ4n) is 0.912. The van der Waals surface area contributed by atoms with Crippen molar-refractivity contribution in [3.63, 3.8) is 0 Å². The number of rotatable bonds is 4. The third-order valence-corrected chi connectivity index (χ3v) is 10.5. The van der Waals surface area contributed by atoms with E-state index in [4.69, 9.17) is 4.12 Å². The van der Waals surface area contributed by atoms with E-state index in [1.165, 1.54) is 0 Å². The molecular weight excluding hydrogens is 220 g/mol. The number of thiol groups is 2. The van der Waals surface area contributed by atoms with Gasteiger partial charge in [0.25, 0.3) is 0 Å². The van der Waals surface area contributed by atoms with Gasteiger partial charge in [-0.05, 0) is 32.6 Å². The fourth-order valence-corrected chi connectivity index (χ4v) is 7.43. The van der Waals surface area contributed by atoms with Crippen LogP contribution in [0.5, 0.6) is 0 Å². The monoisotopic (exact) mass is 240 g/mol. The van der Waals surface area contributed by atoms with E-state index in [0.29, 0.717) is 0 Å². The summed E-state index contributed by atoms with van der Waals surface area (Å²) in [6.07, 6.45) is 0.969. The van der Waals surface area contributed by atoms with Crippen molar-refractivity contribution < 1.29 is 4.12 Å². The molecule has 5 heteroatoms. The minimum atomic E-state index is -1.38. The van der Waals surface area contributed by atoms with E-state index in [2.05, 4.69) is 58.4 Å². The second-order valence-corrected chi connectivity index (χ2v) is 14.5. The molecule has 0 aliphatic carbocycles. The quantitative estimate of drug-likeness (QED) is 0.436. The molecular formula is C7H20OS2Si2. The van der Waals surface area contributed by atoms with Gasteiger partial charge >= 0.3 is 0 Å². The molecule has 0 heterocycles. The zero-order valence-electron chi connectivity index (χ0n) is 8.59. The summed E-state index contributed by atoms with van der Waals surface area (Å²) >= 11 is 9.03. The Balaban J connectivity index is 4.13. The first-order valence-corrected chi connectivity index (χ1v) is 10.8. The molecule has 0 aromatic carbocycles. The van der Waals surface area contributed by atoms with Crippen LogP contribution in [0.2, 0.25) is 26.2 Å². The largest absolute Gasteiger partial charge is 0.456 e. The Labute approximate surface area is 90.0 Å². The van der Waals surface area contributed by atoms with Crippen LogP contribution in [0.4, 0.5) is 0 Å². The van der Waals surface area contributed by atoms with Crippen LogP contribution in [0, 0.1) is 0 Å². The first-order chi connectivity index (χ1) is 5.19. The van der Waals surface area contributed by atoms with Crippen molar-refractivity contribution in [1.29, 1.82) is 0 Å². The zero-order valence-corrected chi connectivity index (χ0v) is 12.5. The maximum atomic E-state index is 6.02. The van der Waals surface area contributed by atoms with E-state index < -0.39 is 17.4 Å². The Morgan fingerprint density at radius 3 is 2.00 bits per heavy atom. The third-order valence-electron chi connectivity index (χ3n) is 1.70. The summed E-state index contributed by atoms with van der Waals surface area (Å²) in [6, 6.07) is 0. The summed E-state index contributed by atoms with van der Waals surface area (Å²) in [4.78, 5) is 0. The van der Waals surface area contributed by atoms with Gasteiger partial charge in [0.1, 0.15) is 0 Å². The standard InChI is InChI=1S/C7H20OS2Si2/c1-6-7(9,10)11(2)8-12(3,4)5/h9-11H,6H2,1-5H3. The number of hydrogen-bond donors (Lipinski definition) is 2. The highest BCUT2D eigenvalue weighted by Gasteiger charge is 2.32. The fraction of sp³-hybridized carbons (Fsp3) is 1.00. The van der Waals surface area contributed by atoms with Crippen molar-refractivity contribution in [2.24, 2.45) is 0 Å². The second-order valence-electron chi connectivity index (χ2n) is 4.10. The van der Waals surface area contributed by atoms with Crippen molar-refractivity contribution >= 4 is 42.6 Å². The maximum Gasteiger partial charge on any atom is 0.185 e. The molecule has 0 aliphatic rings. The molecule has 0 rings (SSSR count). The van der Waals surface area contributed by atoms with Crippen molar-refractivity contribution in [3.8, 4) is 0 Å². The van der Waals surface area contributed by atoms with Crippen LogP contribution < -0.4 is 0 Å². The van der Waals surface area contributed by atoms with Crippen LogP contribution in [-0.2, 0) is 4.12 Å². The topological polar surface area (TPSA) is 9.23 Å². The van der Waals surface area contributed by atoms with Gasteiger partial charge in [0, 0.05) is 0 Å². The summed E-state index contributed by atoms with van der Waals surface area (Å²) < 4.78 is 5.87. The molecule has 0 aromatic rings. The van der Waals surface area contributed by atoms with Gasteiger partial charge in [0.2, 0.25) is 0 Å². The predicted molar refractivity (Wildman–Crippen MR) is 68.4 cm³/mol. The van der Waals surface area contributed by atoms with Crippen LogP contribution >= 0.6 is 25.3 Å². The van der Waals surface area contributed by atoms with Crippen molar-refractivity contribution in [2.45, 2.75) is 43.2 Å². The normalized spacial score (nSPS) is 16.2. The number of hydrogen-bond acceptors (Lipinski definition) is 3. The summed E-state index contributed by atoms with van der Waals surface area (Å²) in [5.74, 6) is 0. The van der Waals surface area contributed by atoms with Gasteiger partial charge < -0.3 is 4.12 Å². The zero-order chi connectivity index (χ0) is 9.99. The van der Waals surface area contributed by atoms with E-state index in [1.54, 1.807) is 0 Å². The lowest BCUT2D eigenvalue weighted by atomic mass is 10.6. The van der Waals surface area contributed by atoms with Gasteiger partial charge in [-0.2, -0.15) is 25.3 Å². The lowest BCUT2D eigenvalue weighted by Gasteiger charge is -2.32. The van der Waals surface area contributed by atoms with E-state index in [0.717, 1.165) is 6.42 Å². The summed E-state index contributed by atoms with van der Waals surface area (Å²) in [6.45, 7) is 10.9. The molecule has 0 aliphatic heterocycles. The minimum Gasteiger partial charge on any atom is -0.456 e. The molecule has 0 bridgehead atoms. The SMILES string of the molecule is CCC(S)(S)[SiH](C)O[Si](C)(C)C. The van der Waals surface area contributed by atoms with E-state index in [1.807, 2.05) is 0 Å². The van der Waals surface area contributed by atoms with Gasteiger partial charge in [-0.3, -0.25) is 0 Å². The Kier molecular flexibility index (Phi) is 4.96. The molecule has 0 saturated heterocycles. The van der Waals surface area contributed by atoms with Crippen LogP contribution in [0.25, 0.3) is 0 Å². The van der Waals surface area contributed by atoms with E-state index in [9.17, 15) is 0 Å². The lowest BCUT2D eigenvalue weighted by Crippen LogP contribution is -2.43. The van der Waals surface area contributed by atoms with Crippen molar-refractivity contribution in [2.75, 3.05) is 0 Å². The van der Waals surface area contributed by atoms with Crippen LogP contribution in [0.3, 0.4) is 0 Å². The Morgan fingerprint density at radius 1 is 1.33 bits per heavy atom. The van der Waals surface area contributed by atoms with Crippen molar-refractivity contribution in [3.05, 3.63) is 0 Å². The molecule has 0 N–H and O–H groups in total. The van der Waals surface area contributed by atoms with Gasteiger partial charge in [-0.1, -0.05) is 6.92 Å². The summed E-state index contributed by atoms with van der Waals surface area (Å²) in [5, 5.41) is 0. The molecule has 0 fully saturated rings. The first-order valence-electron chi connectivity index (χ1n) is 4.31. The molecule has 0 saturated carbocycles. The molecule has 0 aromatic heterocycles. The highest BCUT2D eigenvalue weighted by molar-refractivity contribution is 8.03. The highest BCUT2D eigenvalue weighted by Crippen LogP contribution is 2.29. The average Bonchev–Trinajstić information content (AvgIpc) is 1.84. The van der Waals surface area contributed by atoms with Crippen molar-refractivity contribution in [1.82, 2.24) is 0 Å². The molecule has 0 amide bonds. The summed E-state index contributed by atoms with van der Waals surface area (Å²) in [7, 11) is -2.63. The van der Waals surface area contributed by atoms with Gasteiger partial charge in [-0.25, -0.2) is 0 Å². The van der Waals surface area contributed by atoms with E-state index >= 15 is 0 Å². The van der Waals surface area contributed by atoms with Crippen LogP contribution in [0.1, 0.15) is 13.3 Å². The molecule has 0 spiro atoms. The van der Waals surface area contributed by atoms with Crippen LogP contribution in [0.15, 0.2) is 0 Å². The smallest absolute Gasteiger partial charge is 0.185 e. The van der Waals surface area contributed by atoms with Gasteiger partial charge in [0.05, 0.1) is 3.70 Å². The molecule has 1 nitrogen and oxygen atoms in total. The molecule has 1 unspecified atom stereocenters. The molecule has 0 radical (unpaired) electrons. The van der Waals surface area contributed by atoms with Gasteiger partial charge in [0.15, 0.2) is 17.4 Å². The molecule has 1 atom stereocenters. The predicted octanol–water partition coefficient (Wildman–Crippen LogP) is 2.70. The first kappa shape index (κ1) is 13.1. The maximum absolute atomic E-state index is 6.02. The Bertz CT molecular complexity index is 145. The molecule has 74 valence electrons. The van der Waals surface area contributed by atoms with E-state index in [-0.39, 0.29) is 3.70 Å². The Hall–Kier alpha value is 1.09. The van der Waals surface area contributed by atoms with Gasteiger partial charge in [-0.15, -0.1) is 0 Å². The molecule has 12 heavy (non-hydrogen) atoms. The Morgan fingerprint density at radius 2 is 1.75 bits per heavy atom. The third kappa shape index (κ3) is 4.96.